The summed E-state index contributed by atoms with van der Waals surface area (Å²) < 4.78 is 0. The minimum Gasteiger partial charge on any atom is -0.299 e. The van der Waals surface area contributed by atoms with Crippen molar-refractivity contribution in [3.63, 3.8) is 0 Å². The van der Waals surface area contributed by atoms with Crippen molar-refractivity contribution < 1.29 is 4.79 Å². The van der Waals surface area contributed by atoms with Crippen LogP contribution in [0.15, 0.2) is 24.3 Å². The van der Waals surface area contributed by atoms with Gasteiger partial charge in [-0.2, -0.15) is 0 Å². The van der Waals surface area contributed by atoms with Crippen LogP contribution in [0.25, 0.3) is 0 Å². The van der Waals surface area contributed by atoms with Crippen molar-refractivity contribution in [3.8, 4) is 0 Å². The number of hydrogen-bond acceptors (Lipinski definition) is 1. The van der Waals surface area contributed by atoms with Crippen LogP contribution in [0.1, 0.15) is 91.4 Å². The number of carbonyl (C=O) groups excluding carboxylic acids is 1. The zero-order valence-corrected chi connectivity index (χ0v) is 15.7. The number of rotatable bonds is 12. The van der Waals surface area contributed by atoms with Crippen molar-refractivity contribution in [1.82, 2.24) is 0 Å². The normalized spacial score (nSPS) is 23.3. The molecule has 1 nitrogen and oxygen atoms in total. The molecule has 1 heteroatoms. The predicted molar refractivity (Wildman–Crippen MR) is 102 cm³/mol. The van der Waals surface area contributed by atoms with Gasteiger partial charge in [-0.05, 0) is 57.3 Å². The summed E-state index contributed by atoms with van der Waals surface area (Å²) in [6.07, 6.45) is 22.1. The maximum Gasteiger partial charge on any atom is 0.136 e. The van der Waals surface area contributed by atoms with Crippen molar-refractivity contribution in [1.29, 1.82) is 0 Å². The van der Waals surface area contributed by atoms with Crippen LogP contribution in [0.4, 0.5) is 0 Å². The molecule has 1 aliphatic carbocycles. The van der Waals surface area contributed by atoms with Crippen LogP contribution >= 0.6 is 0 Å². The van der Waals surface area contributed by atoms with Gasteiger partial charge >= 0.3 is 0 Å². The molecular weight excluding hydrogens is 280 g/mol. The molecule has 1 aliphatic rings. The van der Waals surface area contributed by atoms with Gasteiger partial charge in [0.05, 0.1) is 0 Å². The molecule has 1 saturated carbocycles. The summed E-state index contributed by atoms with van der Waals surface area (Å²) in [4.78, 5) is 12.1. The highest BCUT2D eigenvalue weighted by molar-refractivity contribution is 5.83. The van der Waals surface area contributed by atoms with Crippen molar-refractivity contribution >= 4 is 5.78 Å². The number of unbranched alkanes of at least 4 members (excludes halogenated alkanes) is 3. The van der Waals surface area contributed by atoms with Crippen LogP contribution < -0.4 is 0 Å². The van der Waals surface area contributed by atoms with Crippen LogP contribution in [0, 0.1) is 17.8 Å². The molecule has 0 aromatic rings. The average molecular weight is 319 g/mol. The third-order valence-electron chi connectivity index (χ3n) is 5.29. The lowest BCUT2D eigenvalue weighted by molar-refractivity contribution is -0.121. The van der Waals surface area contributed by atoms with Gasteiger partial charge in [-0.25, -0.2) is 0 Å². The quantitative estimate of drug-likeness (QED) is 0.283. The molecule has 0 aromatic carbocycles. The molecule has 0 radical (unpaired) electrons. The van der Waals surface area contributed by atoms with Gasteiger partial charge in [0.2, 0.25) is 0 Å². The summed E-state index contributed by atoms with van der Waals surface area (Å²) in [5.74, 6) is 2.19. The second kappa shape index (κ2) is 12.6. The molecule has 3 atom stereocenters. The first-order chi connectivity index (χ1) is 11.2. The predicted octanol–water partition coefficient (Wildman–Crippen LogP) is 6.88. The van der Waals surface area contributed by atoms with Gasteiger partial charge in [0.15, 0.2) is 0 Å². The molecule has 0 N–H and O–H groups in total. The Morgan fingerprint density at radius 1 is 1.13 bits per heavy atom. The van der Waals surface area contributed by atoms with Gasteiger partial charge in [-0.1, -0.05) is 63.8 Å². The maximum atomic E-state index is 12.1. The highest BCUT2D eigenvalue weighted by Crippen LogP contribution is 2.34. The van der Waals surface area contributed by atoms with Crippen LogP contribution in [-0.4, -0.2) is 5.78 Å². The zero-order chi connectivity index (χ0) is 16.9. The van der Waals surface area contributed by atoms with E-state index in [0.717, 1.165) is 31.6 Å². The molecule has 0 amide bonds. The van der Waals surface area contributed by atoms with E-state index in [1.807, 2.05) is 0 Å². The Kier molecular flexibility index (Phi) is 11.0. The van der Waals surface area contributed by atoms with Gasteiger partial charge in [0.25, 0.3) is 0 Å². The lowest BCUT2D eigenvalue weighted by atomic mass is 9.89. The SMILES string of the molecule is C/C=C/CCCC[C@H]1C(=O)CCC1/C=C/CC[C@@H](C)CCCC. The molecule has 1 fully saturated rings. The van der Waals surface area contributed by atoms with Crippen LogP contribution in [0.3, 0.4) is 0 Å². The van der Waals surface area contributed by atoms with Crippen LogP contribution in [0.5, 0.6) is 0 Å². The molecule has 0 saturated heterocycles. The molecule has 1 unspecified atom stereocenters. The first-order valence-electron chi connectivity index (χ1n) is 9.99. The second-order valence-corrected chi connectivity index (χ2v) is 7.38. The van der Waals surface area contributed by atoms with Crippen LogP contribution in [0.2, 0.25) is 0 Å². The smallest absolute Gasteiger partial charge is 0.136 e. The summed E-state index contributed by atoms with van der Waals surface area (Å²) in [7, 11) is 0. The molecular formula is C22H38O. The van der Waals surface area contributed by atoms with E-state index in [1.54, 1.807) is 0 Å². The first-order valence-corrected chi connectivity index (χ1v) is 9.99. The average Bonchev–Trinajstić information content (AvgIpc) is 2.90. The van der Waals surface area contributed by atoms with E-state index in [4.69, 9.17) is 0 Å². The fourth-order valence-electron chi connectivity index (χ4n) is 3.68. The van der Waals surface area contributed by atoms with Gasteiger partial charge in [0.1, 0.15) is 5.78 Å². The molecule has 132 valence electrons. The Bertz CT molecular complexity index is 366. The summed E-state index contributed by atoms with van der Waals surface area (Å²) in [5.41, 5.74) is 0. The molecule has 0 spiro atoms. The van der Waals surface area contributed by atoms with E-state index in [0.29, 0.717) is 17.6 Å². The molecule has 0 heterocycles. The monoisotopic (exact) mass is 318 g/mol. The Morgan fingerprint density at radius 3 is 2.70 bits per heavy atom. The fourth-order valence-corrected chi connectivity index (χ4v) is 3.68. The Hall–Kier alpha value is -0.850. The highest BCUT2D eigenvalue weighted by atomic mass is 16.1. The second-order valence-electron chi connectivity index (χ2n) is 7.38. The molecule has 23 heavy (non-hydrogen) atoms. The lowest BCUT2D eigenvalue weighted by Gasteiger charge is -2.15. The largest absolute Gasteiger partial charge is 0.299 e. The number of allylic oxidation sites excluding steroid dienone is 4. The summed E-state index contributed by atoms with van der Waals surface area (Å²) in [5, 5.41) is 0. The lowest BCUT2D eigenvalue weighted by Crippen LogP contribution is -2.13. The Morgan fingerprint density at radius 2 is 1.96 bits per heavy atom. The van der Waals surface area contributed by atoms with E-state index in [-0.39, 0.29) is 0 Å². The van der Waals surface area contributed by atoms with Gasteiger partial charge in [-0.15, -0.1) is 0 Å². The number of ketones is 1. The summed E-state index contributed by atoms with van der Waals surface area (Å²) in [6.45, 7) is 6.71. The van der Waals surface area contributed by atoms with E-state index in [1.165, 1.54) is 44.9 Å². The number of Topliss-reactive ketones (excluding diaryl/α,β-unsaturated/α-hetero) is 1. The minimum atomic E-state index is 0.314. The first kappa shape index (κ1) is 20.2. The molecule has 0 aromatic heterocycles. The van der Waals surface area contributed by atoms with Crippen LogP contribution in [-0.2, 0) is 4.79 Å². The van der Waals surface area contributed by atoms with E-state index >= 15 is 0 Å². The fraction of sp³-hybridized carbons (Fsp3) is 0.773. The number of hydrogen-bond donors (Lipinski definition) is 0. The van der Waals surface area contributed by atoms with Crippen molar-refractivity contribution in [2.24, 2.45) is 17.8 Å². The molecule has 1 rings (SSSR count). The zero-order valence-electron chi connectivity index (χ0n) is 15.7. The van der Waals surface area contributed by atoms with Gasteiger partial charge in [-0.3, -0.25) is 4.79 Å². The molecule has 0 aliphatic heterocycles. The van der Waals surface area contributed by atoms with E-state index < -0.39 is 0 Å². The maximum absolute atomic E-state index is 12.1. The van der Waals surface area contributed by atoms with Crippen molar-refractivity contribution in [2.75, 3.05) is 0 Å². The minimum absolute atomic E-state index is 0.314. The summed E-state index contributed by atoms with van der Waals surface area (Å²) >= 11 is 0. The van der Waals surface area contributed by atoms with Crippen molar-refractivity contribution in [2.45, 2.75) is 91.4 Å². The van der Waals surface area contributed by atoms with Crippen molar-refractivity contribution in [3.05, 3.63) is 24.3 Å². The third kappa shape index (κ3) is 8.53. The number of carbonyl (C=O) groups is 1. The van der Waals surface area contributed by atoms with Gasteiger partial charge in [0, 0.05) is 12.3 Å². The Labute approximate surface area is 144 Å². The third-order valence-corrected chi connectivity index (χ3v) is 5.29. The molecule has 0 bridgehead atoms. The standard InChI is InChI=1S/C22H38O/c1-4-6-8-9-10-16-21-20(17-18-22(21)23)15-12-11-14-19(3)13-7-5-2/h4,6,12,15,19-21H,5,7-11,13-14,16-18H2,1-3H3/b6-4+,15-12+/t19-,20?,21+/m0/s1. The van der Waals surface area contributed by atoms with Gasteiger partial charge < -0.3 is 0 Å². The van der Waals surface area contributed by atoms with E-state index in [2.05, 4.69) is 45.1 Å². The topological polar surface area (TPSA) is 17.1 Å². The Balaban J connectivity index is 2.27. The van der Waals surface area contributed by atoms with E-state index in [9.17, 15) is 4.79 Å². The highest BCUT2D eigenvalue weighted by Gasteiger charge is 2.31. The summed E-state index contributed by atoms with van der Waals surface area (Å²) in [6, 6.07) is 0.